The van der Waals surface area contributed by atoms with E-state index in [2.05, 4.69) is 35.0 Å². The first-order valence-electron chi connectivity index (χ1n) is 9.23. The van der Waals surface area contributed by atoms with Gasteiger partial charge in [0.25, 0.3) is 11.8 Å². The molecule has 3 rings (SSSR count). The molecule has 1 heterocycles. The van der Waals surface area contributed by atoms with Crippen molar-refractivity contribution in [2.24, 2.45) is 0 Å². The molecule has 9 heteroatoms. The Morgan fingerprint density at radius 1 is 1.10 bits per heavy atom. The fourth-order valence-electron chi connectivity index (χ4n) is 2.69. The summed E-state index contributed by atoms with van der Waals surface area (Å²) in [5.41, 5.74) is 7.12. The molecule has 0 bridgehead atoms. The van der Waals surface area contributed by atoms with E-state index in [1.165, 1.54) is 5.56 Å². The summed E-state index contributed by atoms with van der Waals surface area (Å²) in [5, 5.41) is 3.81. The highest BCUT2D eigenvalue weighted by atomic mass is 35.5. The van der Waals surface area contributed by atoms with Crippen LogP contribution in [-0.4, -0.2) is 28.5 Å². The zero-order valence-electron chi connectivity index (χ0n) is 16.4. The number of rotatable bonds is 5. The van der Waals surface area contributed by atoms with Gasteiger partial charge in [-0.1, -0.05) is 37.6 Å². The number of amides is 2. The van der Waals surface area contributed by atoms with Crippen LogP contribution < -0.4 is 20.9 Å². The number of carbonyl (C=O) groups excluding carboxylic acids is 2. The predicted molar refractivity (Wildman–Crippen MR) is 121 cm³/mol. The molecule has 0 aliphatic carbocycles. The zero-order valence-corrected chi connectivity index (χ0v) is 18.0. The molecule has 4 N–H and O–H groups in total. The van der Waals surface area contributed by atoms with Crippen LogP contribution in [0.15, 0.2) is 48.5 Å². The summed E-state index contributed by atoms with van der Waals surface area (Å²) in [6, 6.07) is 14.5. The maximum absolute atomic E-state index is 12.3. The average molecular weight is 445 g/mol. The highest BCUT2D eigenvalue weighted by Gasteiger charge is 2.12. The van der Waals surface area contributed by atoms with Gasteiger partial charge in [0.2, 0.25) is 0 Å². The number of hydrogen-bond acceptors (Lipinski definition) is 4. The van der Waals surface area contributed by atoms with Crippen LogP contribution in [0.2, 0.25) is 5.02 Å². The number of fused-ring (bicyclic) bond motifs is 1. The summed E-state index contributed by atoms with van der Waals surface area (Å²) in [7, 11) is 0. The third-order valence-corrected chi connectivity index (χ3v) is 4.73. The van der Waals surface area contributed by atoms with Crippen molar-refractivity contribution >= 4 is 51.6 Å². The molecule has 30 heavy (non-hydrogen) atoms. The topological polar surface area (TPSA) is 95.2 Å². The summed E-state index contributed by atoms with van der Waals surface area (Å²) < 4.78 is 5.43. The lowest BCUT2D eigenvalue weighted by atomic mass is 10.0. The van der Waals surface area contributed by atoms with Crippen LogP contribution in [0.3, 0.4) is 0 Å². The predicted octanol–water partition coefficient (Wildman–Crippen LogP) is 3.66. The van der Waals surface area contributed by atoms with Gasteiger partial charge in [0.15, 0.2) is 11.7 Å². The number of thiocarbonyl (C=S) groups is 1. The lowest BCUT2D eigenvalue weighted by Gasteiger charge is -2.11. The molecule has 0 atom stereocenters. The summed E-state index contributed by atoms with van der Waals surface area (Å²) >= 11 is 11.0. The standard InChI is InChI=1S/C21H21ClN4O3S/c1-12(2)13-3-6-16(7-4-13)29-11-19(27)25-26-21(30)24-20(28)18-10-14-9-15(22)5-8-17(14)23-18/h3-10,12,23H,11H2,1-2H3,(H,25,27)(H2,24,26,28,30). The molecular formula is C21H21ClN4O3S. The van der Waals surface area contributed by atoms with Gasteiger partial charge in [0, 0.05) is 15.9 Å². The number of aromatic amines is 1. The Kier molecular flexibility index (Phi) is 6.91. The van der Waals surface area contributed by atoms with E-state index >= 15 is 0 Å². The first-order valence-corrected chi connectivity index (χ1v) is 10.0. The molecule has 0 unspecified atom stereocenters. The SMILES string of the molecule is CC(C)c1ccc(OCC(=O)NNC(=S)NC(=O)c2cc3cc(Cl)ccc3[nH]2)cc1. The third-order valence-electron chi connectivity index (χ3n) is 4.29. The van der Waals surface area contributed by atoms with Crippen LogP contribution in [-0.2, 0) is 4.79 Å². The number of ether oxygens (including phenoxy) is 1. The maximum Gasteiger partial charge on any atom is 0.276 e. The van der Waals surface area contributed by atoms with E-state index in [-0.39, 0.29) is 11.7 Å². The van der Waals surface area contributed by atoms with Crippen LogP contribution in [0.4, 0.5) is 0 Å². The van der Waals surface area contributed by atoms with E-state index in [0.29, 0.717) is 22.4 Å². The lowest BCUT2D eigenvalue weighted by molar-refractivity contribution is -0.123. The molecule has 0 saturated heterocycles. The third kappa shape index (κ3) is 5.71. The van der Waals surface area contributed by atoms with E-state index in [9.17, 15) is 9.59 Å². The van der Waals surface area contributed by atoms with Crippen LogP contribution in [0, 0.1) is 0 Å². The van der Waals surface area contributed by atoms with Crippen LogP contribution in [0.25, 0.3) is 10.9 Å². The summed E-state index contributed by atoms with van der Waals surface area (Å²) in [5.74, 6) is 0.115. The molecule has 7 nitrogen and oxygen atoms in total. The fraction of sp³-hybridized carbons (Fsp3) is 0.190. The van der Waals surface area contributed by atoms with Crippen molar-refractivity contribution in [1.82, 2.24) is 21.2 Å². The number of benzene rings is 2. The average Bonchev–Trinajstić information content (AvgIpc) is 3.14. The zero-order chi connectivity index (χ0) is 21.7. The van der Waals surface area contributed by atoms with Gasteiger partial charge in [0.1, 0.15) is 11.4 Å². The minimum absolute atomic E-state index is 0.0497. The van der Waals surface area contributed by atoms with E-state index in [1.54, 1.807) is 24.3 Å². The fourth-order valence-corrected chi connectivity index (χ4v) is 3.01. The van der Waals surface area contributed by atoms with E-state index in [0.717, 1.165) is 10.9 Å². The van der Waals surface area contributed by atoms with Crippen LogP contribution in [0.1, 0.15) is 35.8 Å². The van der Waals surface area contributed by atoms with Crippen molar-refractivity contribution in [1.29, 1.82) is 0 Å². The monoisotopic (exact) mass is 444 g/mol. The van der Waals surface area contributed by atoms with Crippen molar-refractivity contribution < 1.29 is 14.3 Å². The van der Waals surface area contributed by atoms with Gasteiger partial charge < -0.3 is 9.72 Å². The molecule has 2 amide bonds. The summed E-state index contributed by atoms with van der Waals surface area (Å²) in [4.78, 5) is 27.2. The van der Waals surface area contributed by atoms with Gasteiger partial charge in [-0.2, -0.15) is 0 Å². The Bertz CT molecular complexity index is 1080. The van der Waals surface area contributed by atoms with Crippen molar-refractivity contribution in [2.75, 3.05) is 6.61 Å². The van der Waals surface area contributed by atoms with Crippen molar-refractivity contribution in [3.05, 3.63) is 64.8 Å². The van der Waals surface area contributed by atoms with E-state index in [4.69, 9.17) is 28.6 Å². The minimum Gasteiger partial charge on any atom is -0.484 e. The first kappa shape index (κ1) is 21.6. The first-order chi connectivity index (χ1) is 14.3. The Hall–Kier alpha value is -3.10. The van der Waals surface area contributed by atoms with Gasteiger partial charge in [-0.25, -0.2) is 0 Å². The second-order valence-electron chi connectivity index (χ2n) is 6.88. The second kappa shape index (κ2) is 9.60. The van der Waals surface area contributed by atoms with Crippen molar-refractivity contribution in [3.63, 3.8) is 0 Å². The molecule has 1 aromatic heterocycles. The highest BCUT2D eigenvalue weighted by Crippen LogP contribution is 2.20. The molecule has 2 aromatic carbocycles. The molecule has 0 saturated carbocycles. The molecule has 0 fully saturated rings. The van der Waals surface area contributed by atoms with Crippen molar-refractivity contribution in [2.45, 2.75) is 19.8 Å². The largest absolute Gasteiger partial charge is 0.484 e. The number of hydrazine groups is 1. The van der Waals surface area contributed by atoms with Gasteiger partial charge >= 0.3 is 0 Å². The Morgan fingerprint density at radius 2 is 1.83 bits per heavy atom. The van der Waals surface area contributed by atoms with Gasteiger partial charge in [-0.3, -0.25) is 25.8 Å². The molecule has 0 radical (unpaired) electrons. The number of halogens is 1. The minimum atomic E-state index is -0.449. The molecule has 3 aromatic rings. The number of hydrogen-bond donors (Lipinski definition) is 4. The van der Waals surface area contributed by atoms with Crippen molar-refractivity contribution in [3.8, 4) is 5.75 Å². The summed E-state index contributed by atoms with van der Waals surface area (Å²) in [6.07, 6.45) is 0. The number of H-pyrrole nitrogens is 1. The number of nitrogens with one attached hydrogen (secondary N) is 4. The normalized spacial score (nSPS) is 10.7. The summed E-state index contributed by atoms with van der Waals surface area (Å²) in [6.45, 7) is 4.00. The maximum atomic E-state index is 12.3. The molecule has 0 spiro atoms. The molecule has 0 aliphatic rings. The quantitative estimate of drug-likeness (QED) is 0.356. The lowest BCUT2D eigenvalue weighted by Crippen LogP contribution is -2.49. The number of aromatic nitrogens is 1. The Balaban J connectivity index is 1.44. The Labute approximate surface area is 184 Å². The second-order valence-corrected chi connectivity index (χ2v) is 7.73. The van der Waals surface area contributed by atoms with E-state index < -0.39 is 11.8 Å². The van der Waals surface area contributed by atoms with E-state index in [1.807, 2.05) is 24.3 Å². The molecular weight excluding hydrogens is 424 g/mol. The van der Waals surface area contributed by atoms with Crippen LogP contribution in [0.5, 0.6) is 5.75 Å². The number of carbonyl (C=O) groups is 2. The smallest absolute Gasteiger partial charge is 0.276 e. The van der Waals surface area contributed by atoms with Crippen LogP contribution >= 0.6 is 23.8 Å². The van der Waals surface area contributed by atoms with Gasteiger partial charge in [-0.15, -0.1) is 0 Å². The van der Waals surface area contributed by atoms with Gasteiger partial charge in [-0.05, 0) is 60.1 Å². The molecule has 0 aliphatic heterocycles. The highest BCUT2D eigenvalue weighted by molar-refractivity contribution is 7.80. The Morgan fingerprint density at radius 3 is 2.53 bits per heavy atom. The van der Waals surface area contributed by atoms with Gasteiger partial charge in [0.05, 0.1) is 0 Å². The molecule has 156 valence electrons.